The third kappa shape index (κ3) is 6.94. The Labute approximate surface area is 203 Å². The first-order valence-electron chi connectivity index (χ1n) is 11.4. The highest BCUT2D eigenvalue weighted by molar-refractivity contribution is 14.0. The van der Waals surface area contributed by atoms with Crippen LogP contribution in [-0.2, 0) is 16.0 Å². The van der Waals surface area contributed by atoms with E-state index in [0.717, 1.165) is 56.5 Å². The molecule has 1 aromatic rings. The van der Waals surface area contributed by atoms with E-state index < -0.39 is 0 Å². The van der Waals surface area contributed by atoms with Crippen LogP contribution in [0.2, 0.25) is 0 Å². The van der Waals surface area contributed by atoms with Crippen molar-refractivity contribution in [1.82, 2.24) is 15.5 Å². The summed E-state index contributed by atoms with van der Waals surface area (Å²) in [6.45, 7) is 10.9. The second-order valence-electron chi connectivity index (χ2n) is 8.54. The van der Waals surface area contributed by atoms with Crippen molar-refractivity contribution >= 4 is 29.9 Å². The smallest absolute Gasteiger partial charge is 0.191 e. The molecule has 3 heterocycles. The summed E-state index contributed by atoms with van der Waals surface area (Å²) in [5, 5.41) is 6.82. The summed E-state index contributed by atoms with van der Waals surface area (Å²) in [4.78, 5) is 7.39. The Morgan fingerprint density at radius 2 is 2.16 bits per heavy atom. The third-order valence-electron chi connectivity index (χ3n) is 6.11. The lowest BCUT2D eigenvalue weighted by Gasteiger charge is -2.35. The molecule has 0 aliphatic carbocycles. The van der Waals surface area contributed by atoms with Crippen LogP contribution in [0.4, 0.5) is 0 Å². The Bertz CT molecular complexity index is 727. The first-order chi connectivity index (χ1) is 14.7. The topological polar surface area (TPSA) is 67.4 Å². The molecule has 2 N–H and O–H groups in total. The number of morpholine rings is 1. The van der Waals surface area contributed by atoms with Crippen molar-refractivity contribution in [2.75, 3.05) is 46.0 Å². The molecule has 31 heavy (non-hydrogen) atoms. The van der Waals surface area contributed by atoms with Gasteiger partial charge in [-0.25, -0.2) is 4.99 Å². The van der Waals surface area contributed by atoms with E-state index in [4.69, 9.17) is 19.2 Å². The zero-order chi connectivity index (χ0) is 20.8. The van der Waals surface area contributed by atoms with Crippen LogP contribution in [-0.4, -0.2) is 75.1 Å². The molecule has 0 spiro atoms. The van der Waals surface area contributed by atoms with E-state index in [1.54, 1.807) is 0 Å². The molecule has 0 radical (unpaired) electrons. The van der Waals surface area contributed by atoms with Gasteiger partial charge in [0.2, 0.25) is 0 Å². The van der Waals surface area contributed by atoms with Crippen molar-refractivity contribution in [1.29, 1.82) is 0 Å². The molecule has 3 saturated heterocycles. The lowest BCUT2D eigenvalue weighted by Crippen LogP contribution is -2.51. The summed E-state index contributed by atoms with van der Waals surface area (Å²) in [5.41, 5.74) is 2.29. The number of guanidine groups is 1. The highest BCUT2D eigenvalue weighted by Crippen LogP contribution is 2.25. The van der Waals surface area contributed by atoms with Crippen LogP contribution in [0.5, 0.6) is 5.75 Å². The first-order valence-corrected chi connectivity index (χ1v) is 11.4. The number of fused-ring (bicyclic) bond motifs is 1. The van der Waals surface area contributed by atoms with E-state index in [-0.39, 0.29) is 36.2 Å². The molecule has 3 fully saturated rings. The summed E-state index contributed by atoms with van der Waals surface area (Å²) >= 11 is 0. The largest absolute Gasteiger partial charge is 0.488 e. The fourth-order valence-electron chi connectivity index (χ4n) is 4.41. The molecule has 3 aliphatic rings. The van der Waals surface area contributed by atoms with E-state index >= 15 is 0 Å². The number of aryl methyl sites for hydroxylation is 1. The maximum absolute atomic E-state index is 6.21. The van der Waals surface area contributed by atoms with E-state index in [1.165, 1.54) is 24.9 Å². The standard InChI is InChI=1S/C23H36N4O3.HI/c1-3-24-23(26-13-21-14-27-9-4-5-19(27)15-29-21)25-12-18-7-6-17(2)11-22(18)30-20-8-10-28-16-20;/h6-7,11,19-21H,3-5,8-10,12-16H2,1-2H3,(H2,24,25,26);1H. The fourth-order valence-corrected chi connectivity index (χ4v) is 4.41. The number of ether oxygens (including phenoxy) is 3. The second kappa shape index (κ2) is 12.2. The zero-order valence-corrected chi connectivity index (χ0v) is 21.1. The molecule has 4 rings (SSSR count). The number of aliphatic imine (C=N–C) groups is 1. The van der Waals surface area contributed by atoms with Crippen molar-refractivity contribution in [3.63, 3.8) is 0 Å². The Morgan fingerprint density at radius 1 is 1.26 bits per heavy atom. The van der Waals surface area contributed by atoms with Gasteiger partial charge < -0.3 is 24.8 Å². The van der Waals surface area contributed by atoms with Crippen LogP contribution >= 0.6 is 24.0 Å². The Kier molecular flexibility index (Phi) is 9.68. The van der Waals surface area contributed by atoms with Gasteiger partial charge in [-0.15, -0.1) is 24.0 Å². The summed E-state index contributed by atoms with van der Waals surface area (Å²) in [7, 11) is 0. The molecule has 3 unspecified atom stereocenters. The van der Waals surface area contributed by atoms with Crippen LogP contribution < -0.4 is 15.4 Å². The van der Waals surface area contributed by atoms with Gasteiger partial charge in [-0.2, -0.15) is 0 Å². The molecule has 1 aromatic carbocycles. The van der Waals surface area contributed by atoms with E-state index in [1.807, 2.05) is 0 Å². The van der Waals surface area contributed by atoms with E-state index in [9.17, 15) is 0 Å². The number of halogens is 1. The van der Waals surface area contributed by atoms with Crippen molar-refractivity contribution in [3.05, 3.63) is 29.3 Å². The molecule has 0 amide bonds. The SMILES string of the molecule is CCNC(=NCc1ccc(C)cc1OC1CCOC1)NCC1CN2CCCC2CO1.I. The van der Waals surface area contributed by atoms with Gasteiger partial charge in [-0.1, -0.05) is 12.1 Å². The average Bonchev–Trinajstić information content (AvgIpc) is 3.42. The number of rotatable bonds is 7. The van der Waals surface area contributed by atoms with Crippen molar-refractivity contribution in [3.8, 4) is 5.75 Å². The summed E-state index contributed by atoms with van der Waals surface area (Å²) < 4.78 is 17.7. The first kappa shape index (κ1) is 24.5. The summed E-state index contributed by atoms with van der Waals surface area (Å²) in [6.07, 6.45) is 3.87. The predicted molar refractivity (Wildman–Crippen MR) is 134 cm³/mol. The highest BCUT2D eigenvalue weighted by Gasteiger charge is 2.32. The maximum Gasteiger partial charge on any atom is 0.191 e. The minimum atomic E-state index is 0. The van der Waals surface area contributed by atoms with Crippen LogP contribution in [0, 0.1) is 6.92 Å². The molecule has 0 bridgehead atoms. The normalized spacial score (nSPS) is 26.3. The minimum absolute atomic E-state index is 0. The van der Waals surface area contributed by atoms with Gasteiger partial charge in [0, 0.05) is 37.7 Å². The van der Waals surface area contributed by atoms with Crippen LogP contribution in [0.25, 0.3) is 0 Å². The van der Waals surface area contributed by atoms with E-state index in [0.29, 0.717) is 19.2 Å². The maximum atomic E-state index is 6.21. The molecular formula is C23H37IN4O3. The van der Waals surface area contributed by atoms with Crippen molar-refractivity contribution in [2.24, 2.45) is 4.99 Å². The van der Waals surface area contributed by atoms with E-state index in [2.05, 4.69) is 47.6 Å². The van der Waals surface area contributed by atoms with Gasteiger partial charge >= 0.3 is 0 Å². The highest BCUT2D eigenvalue weighted by atomic mass is 127. The molecule has 3 atom stereocenters. The summed E-state index contributed by atoms with van der Waals surface area (Å²) in [5.74, 6) is 1.74. The number of hydrogen-bond donors (Lipinski definition) is 2. The van der Waals surface area contributed by atoms with Gasteiger partial charge in [-0.05, 0) is 44.9 Å². The molecule has 0 aromatic heterocycles. The third-order valence-corrected chi connectivity index (χ3v) is 6.11. The molecule has 0 saturated carbocycles. The van der Waals surface area contributed by atoms with Crippen LogP contribution in [0.15, 0.2) is 23.2 Å². The fraction of sp³-hybridized carbons (Fsp3) is 0.696. The summed E-state index contributed by atoms with van der Waals surface area (Å²) in [6, 6.07) is 6.97. The second-order valence-corrected chi connectivity index (χ2v) is 8.54. The van der Waals surface area contributed by atoms with Crippen molar-refractivity contribution < 1.29 is 14.2 Å². The molecule has 3 aliphatic heterocycles. The van der Waals surface area contributed by atoms with Crippen LogP contribution in [0.1, 0.15) is 37.3 Å². The van der Waals surface area contributed by atoms with Gasteiger partial charge in [0.1, 0.15) is 11.9 Å². The Balaban J connectivity index is 0.00000272. The van der Waals surface area contributed by atoms with Gasteiger partial charge in [0.05, 0.1) is 32.5 Å². The Morgan fingerprint density at radius 3 is 2.97 bits per heavy atom. The average molecular weight is 544 g/mol. The van der Waals surface area contributed by atoms with Crippen LogP contribution in [0.3, 0.4) is 0 Å². The van der Waals surface area contributed by atoms with Gasteiger partial charge in [0.15, 0.2) is 5.96 Å². The number of nitrogens with one attached hydrogen (secondary N) is 2. The number of nitrogens with zero attached hydrogens (tertiary/aromatic N) is 2. The quantitative estimate of drug-likeness (QED) is 0.313. The van der Waals surface area contributed by atoms with Crippen molar-refractivity contribution in [2.45, 2.75) is 57.9 Å². The zero-order valence-electron chi connectivity index (χ0n) is 18.8. The van der Waals surface area contributed by atoms with Gasteiger partial charge in [0.25, 0.3) is 0 Å². The molecular weight excluding hydrogens is 507 g/mol. The molecule has 8 heteroatoms. The molecule has 174 valence electrons. The van der Waals surface area contributed by atoms with Gasteiger partial charge in [-0.3, -0.25) is 4.90 Å². The monoisotopic (exact) mass is 544 g/mol. The number of hydrogen-bond acceptors (Lipinski definition) is 5. The Hall–Kier alpha value is -1.10. The lowest BCUT2D eigenvalue weighted by atomic mass is 10.1. The minimum Gasteiger partial charge on any atom is -0.488 e. The lowest BCUT2D eigenvalue weighted by molar-refractivity contribution is -0.0453. The predicted octanol–water partition coefficient (Wildman–Crippen LogP) is 2.70. The number of benzene rings is 1. The molecule has 7 nitrogen and oxygen atoms in total.